The number of ether oxygens (including phenoxy) is 2. The summed E-state index contributed by atoms with van der Waals surface area (Å²) < 4.78 is 10.7. The minimum atomic E-state index is -0.421. The van der Waals surface area contributed by atoms with E-state index in [0.717, 1.165) is 28.1 Å². The third kappa shape index (κ3) is 5.61. The van der Waals surface area contributed by atoms with Crippen molar-refractivity contribution in [1.29, 1.82) is 0 Å². The van der Waals surface area contributed by atoms with Gasteiger partial charge in [-0.3, -0.25) is 4.90 Å². The molecule has 3 aromatic carbocycles. The highest BCUT2D eigenvalue weighted by atomic mass is 16.5. The highest BCUT2D eigenvalue weighted by molar-refractivity contribution is 5.92. The van der Waals surface area contributed by atoms with Crippen LogP contribution in [0.5, 0.6) is 5.75 Å². The van der Waals surface area contributed by atoms with Gasteiger partial charge < -0.3 is 9.47 Å². The SMILES string of the molecule is C=CCN(C(=O)OC)c1ccccc1/C=C/c1ccc(OCc2ccccc2)cc1. The molecule has 0 fully saturated rings. The molecule has 0 aromatic heterocycles. The van der Waals surface area contributed by atoms with Gasteiger partial charge in [0.05, 0.1) is 12.8 Å². The van der Waals surface area contributed by atoms with E-state index >= 15 is 0 Å². The Morgan fingerprint density at radius 1 is 0.933 bits per heavy atom. The first kappa shape index (κ1) is 20.9. The van der Waals surface area contributed by atoms with Crippen LogP contribution < -0.4 is 9.64 Å². The first-order valence-electron chi connectivity index (χ1n) is 9.71. The van der Waals surface area contributed by atoms with E-state index in [1.54, 1.807) is 11.0 Å². The van der Waals surface area contributed by atoms with Crippen LogP contribution in [0.2, 0.25) is 0 Å². The van der Waals surface area contributed by atoms with E-state index in [9.17, 15) is 4.79 Å². The molecular formula is C26H25NO3. The van der Waals surface area contributed by atoms with Gasteiger partial charge >= 0.3 is 6.09 Å². The number of hydrogen-bond acceptors (Lipinski definition) is 3. The van der Waals surface area contributed by atoms with E-state index in [-0.39, 0.29) is 0 Å². The first-order chi connectivity index (χ1) is 14.7. The van der Waals surface area contributed by atoms with E-state index in [1.807, 2.05) is 91.0 Å². The molecule has 3 rings (SSSR count). The van der Waals surface area contributed by atoms with Gasteiger partial charge in [0.25, 0.3) is 0 Å². The lowest BCUT2D eigenvalue weighted by molar-refractivity contribution is 0.179. The Balaban J connectivity index is 1.71. The van der Waals surface area contributed by atoms with Crippen molar-refractivity contribution in [2.45, 2.75) is 6.61 Å². The number of para-hydroxylation sites is 1. The van der Waals surface area contributed by atoms with Gasteiger partial charge in [0, 0.05) is 6.54 Å². The van der Waals surface area contributed by atoms with Crippen LogP contribution in [0.3, 0.4) is 0 Å². The van der Waals surface area contributed by atoms with Crippen LogP contribution in [0.1, 0.15) is 16.7 Å². The van der Waals surface area contributed by atoms with Crippen LogP contribution in [-0.2, 0) is 11.3 Å². The Labute approximate surface area is 177 Å². The number of carbonyl (C=O) groups excluding carboxylic acids is 1. The zero-order valence-corrected chi connectivity index (χ0v) is 17.0. The van der Waals surface area contributed by atoms with Gasteiger partial charge in [-0.15, -0.1) is 6.58 Å². The number of nitrogens with zero attached hydrogens (tertiary/aromatic N) is 1. The number of rotatable bonds is 8. The van der Waals surface area contributed by atoms with E-state index < -0.39 is 6.09 Å². The molecule has 0 radical (unpaired) electrons. The molecule has 152 valence electrons. The summed E-state index contributed by atoms with van der Waals surface area (Å²) in [6.07, 6.45) is 5.24. The molecule has 0 aliphatic heterocycles. The molecule has 30 heavy (non-hydrogen) atoms. The fourth-order valence-corrected chi connectivity index (χ4v) is 2.99. The predicted octanol–water partition coefficient (Wildman–Crippen LogP) is 6.19. The number of methoxy groups -OCH3 is 1. The molecule has 0 spiro atoms. The van der Waals surface area contributed by atoms with Crippen LogP contribution in [0.15, 0.2) is 91.5 Å². The maximum Gasteiger partial charge on any atom is 0.414 e. The number of amides is 1. The van der Waals surface area contributed by atoms with Crippen LogP contribution >= 0.6 is 0 Å². The van der Waals surface area contributed by atoms with E-state index in [4.69, 9.17) is 9.47 Å². The predicted molar refractivity (Wildman–Crippen MR) is 123 cm³/mol. The maximum atomic E-state index is 12.1. The summed E-state index contributed by atoms with van der Waals surface area (Å²) in [6.45, 7) is 4.63. The maximum absolute atomic E-state index is 12.1. The summed E-state index contributed by atoms with van der Waals surface area (Å²) in [7, 11) is 1.37. The second kappa shape index (κ2) is 10.7. The molecule has 0 heterocycles. The summed E-state index contributed by atoms with van der Waals surface area (Å²) in [5, 5.41) is 0. The zero-order chi connectivity index (χ0) is 21.2. The number of hydrogen-bond donors (Lipinski definition) is 0. The Hall–Kier alpha value is -3.79. The van der Waals surface area contributed by atoms with Crippen LogP contribution in [0.4, 0.5) is 10.5 Å². The molecule has 3 aromatic rings. The summed E-state index contributed by atoms with van der Waals surface area (Å²) in [4.78, 5) is 13.7. The molecule has 0 saturated heterocycles. The lowest BCUT2D eigenvalue weighted by atomic mass is 10.1. The highest BCUT2D eigenvalue weighted by Crippen LogP contribution is 2.24. The van der Waals surface area contributed by atoms with Gasteiger partial charge in [-0.05, 0) is 34.9 Å². The number of benzene rings is 3. The first-order valence-corrected chi connectivity index (χ1v) is 9.71. The lowest BCUT2D eigenvalue weighted by Crippen LogP contribution is -2.31. The number of anilines is 1. The van der Waals surface area contributed by atoms with Crippen molar-refractivity contribution in [3.8, 4) is 5.75 Å². The molecule has 0 aliphatic carbocycles. The van der Waals surface area contributed by atoms with Crippen molar-refractivity contribution in [3.63, 3.8) is 0 Å². The summed E-state index contributed by atoms with van der Waals surface area (Å²) in [6, 6.07) is 25.7. The zero-order valence-electron chi connectivity index (χ0n) is 17.0. The second-order valence-corrected chi connectivity index (χ2v) is 6.60. The van der Waals surface area contributed by atoms with Crippen LogP contribution in [0.25, 0.3) is 12.2 Å². The Bertz CT molecular complexity index is 994. The minimum absolute atomic E-state index is 0.366. The molecule has 0 saturated carbocycles. The van der Waals surface area contributed by atoms with Crippen molar-refractivity contribution < 1.29 is 14.3 Å². The third-order valence-corrected chi connectivity index (χ3v) is 4.52. The largest absolute Gasteiger partial charge is 0.489 e. The number of carbonyl (C=O) groups is 1. The molecule has 4 nitrogen and oxygen atoms in total. The normalized spacial score (nSPS) is 10.6. The van der Waals surface area contributed by atoms with Crippen molar-refractivity contribution in [2.75, 3.05) is 18.6 Å². The van der Waals surface area contributed by atoms with E-state index in [1.165, 1.54) is 7.11 Å². The summed E-state index contributed by atoms with van der Waals surface area (Å²) in [5.74, 6) is 0.819. The second-order valence-electron chi connectivity index (χ2n) is 6.60. The lowest BCUT2D eigenvalue weighted by Gasteiger charge is -2.21. The summed E-state index contributed by atoms with van der Waals surface area (Å²) >= 11 is 0. The van der Waals surface area contributed by atoms with Crippen molar-refractivity contribution in [1.82, 2.24) is 0 Å². The molecule has 0 N–H and O–H groups in total. The van der Waals surface area contributed by atoms with E-state index in [0.29, 0.717) is 13.2 Å². The monoisotopic (exact) mass is 399 g/mol. The highest BCUT2D eigenvalue weighted by Gasteiger charge is 2.16. The average molecular weight is 399 g/mol. The van der Waals surface area contributed by atoms with Crippen molar-refractivity contribution >= 4 is 23.9 Å². The van der Waals surface area contributed by atoms with Gasteiger partial charge in [-0.1, -0.05) is 78.9 Å². The molecular weight excluding hydrogens is 374 g/mol. The quantitative estimate of drug-likeness (QED) is 0.335. The molecule has 1 amide bonds. The van der Waals surface area contributed by atoms with Crippen LogP contribution in [0, 0.1) is 0 Å². The molecule has 0 aliphatic rings. The molecule has 0 unspecified atom stereocenters. The topological polar surface area (TPSA) is 38.8 Å². The van der Waals surface area contributed by atoms with Crippen LogP contribution in [-0.4, -0.2) is 19.7 Å². The smallest absolute Gasteiger partial charge is 0.414 e. The van der Waals surface area contributed by atoms with Gasteiger partial charge in [0.1, 0.15) is 12.4 Å². The van der Waals surface area contributed by atoms with E-state index in [2.05, 4.69) is 6.58 Å². The van der Waals surface area contributed by atoms with Crippen molar-refractivity contribution in [3.05, 3.63) is 108 Å². The third-order valence-electron chi connectivity index (χ3n) is 4.52. The fraction of sp³-hybridized carbons (Fsp3) is 0.115. The fourth-order valence-electron chi connectivity index (χ4n) is 2.99. The van der Waals surface area contributed by atoms with Gasteiger partial charge in [0.2, 0.25) is 0 Å². The van der Waals surface area contributed by atoms with Gasteiger partial charge in [-0.2, -0.15) is 0 Å². The van der Waals surface area contributed by atoms with Crippen molar-refractivity contribution in [2.24, 2.45) is 0 Å². The van der Waals surface area contributed by atoms with Gasteiger partial charge in [0.15, 0.2) is 0 Å². The minimum Gasteiger partial charge on any atom is -0.489 e. The standard InChI is InChI=1S/C26H25NO3/c1-3-19-27(26(28)29-2)25-12-8-7-11-23(25)16-13-21-14-17-24(18-15-21)30-20-22-9-5-4-6-10-22/h3-18H,1,19-20H2,2H3/b16-13+. The Morgan fingerprint density at radius 2 is 1.63 bits per heavy atom. The Morgan fingerprint density at radius 3 is 2.33 bits per heavy atom. The molecule has 0 bridgehead atoms. The Kier molecular flexibility index (Phi) is 7.45. The molecule has 0 atom stereocenters. The molecule has 4 heteroatoms. The summed E-state index contributed by atoms with van der Waals surface area (Å²) in [5.41, 5.74) is 3.84. The van der Waals surface area contributed by atoms with Gasteiger partial charge in [-0.25, -0.2) is 4.79 Å². The average Bonchev–Trinajstić information content (AvgIpc) is 2.81.